The highest BCUT2D eigenvalue weighted by Crippen LogP contribution is 2.29. The van der Waals surface area contributed by atoms with Gasteiger partial charge in [0.1, 0.15) is 25.1 Å². The second-order valence-electron chi connectivity index (χ2n) is 13.6. The Hall–Kier alpha value is -2.04. The number of nitrogens with one attached hydrogen (secondary N) is 1. The molecule has 1 aliphatic carbocycles. The van der Waals surface area contributed by atoms with E-state index in [1.165, 1.54) is 6.42 Å². The molecule has 1 aliphatic heterocycles. The Labute approximate surface area is 271 Å². The van der Waals surface area contributed by atoms with E-state index in [-0.39, 0.29) is 30.6 Å². The Bertz CT molecular complexity index is 963. The van der Waals surface area contributed by atoms with Gasteiger partial charge < -0.3 is 34.6 Å². The van der Waals surface area contributed by atoms with Crippen LogP contribution < -0.4 is 5.32 Å². The summed E-state index contributed by atoms with van der Waals surface area (Å²) in [6, 6.07) is 9.18. The van der Waals surface area contributed by atoms with Gasteiger partial charge in [-0.3, -0.25) is 9.59 Å². The molecule has 3 N–H and O–H groups in total. The molecular formula is C36H60N2O7. The van der Waals surface area contributed by atoms with Crippen LogP contribution in [0.1, 0.15) is 103 Å². The zero-order valence-corrected chi connectivity index (χ0v) is 28.2. The first-order valence-corrected chi connectivity index (χ1v) is 17.5. The van der Waals surface area contributed by atoms with E-state index in [4.69, 9.17) is 14.2 Å². The van der Waals surface area contributed by atoms with Crippen molar-refractivity contribution in [1.29, 1.82) is 0 Å². The molecule has 2 amide bonds. The van der Waals surface area contributed by atoms with Crippen LogP contribution in [0.25, 0.3) is 0 Å². The SMILES string of the molecule is CCCC[C@H](O[C@@H](Cc1ccccc1)C(=O)N1CCC(OCOC)CC1)C(=O)N[C@@H](CC1CCCCC1)[C@@H](O)[C@@H](O)CC(C)C. The maximum Gasteiger partial charge on any atom is 0.252 e. The first-order valence-electron chi connectivity index (χ1n) is 17.5. The van der Waals surface area contributed by atoms with Crippen molar-refractivity contribution >= 4 is 11.8 Å². The number of piperidine rings is 1. The molecule has 9 nitrogen and oxygen atoms in total. The summed E-state index contributed by atoms with van der Waals surface area (Å²) in [4.78, 5) is 29.8. The van der Waals surface area contributed by atoms with Gasteiger partial charge in [-0.25, -0.2) is 0 Å². The van der Waals surface area contributed by atoms with Crippen molar-refractivity contribution in [2.45, 2.75) is 141 Å². The van der Waals surface area contributed by atoms with Crippen LogP contribution in [0, 0.1) is 11.8 Å². The quantitative estimate of drug-likeness (QED) is 0.184. The maximum atomic E-state index is 14.0. The molecule has 0 bridgehead atoms. The van der Waals surface area contributed by atoms with Gasteiger partial charge in [-0.05, 0) is 49.5 Å². The van der Waals surface area contributed by atoms with Gasteiger partial charge in [0.15, 0.2) is 0 Å². The minimum Gasteiger partial charge on any atom is -0.390 e. The number of aliphatic hydroxyl groups excluding tert-OH is 2. The van der Waals surface area contributed by atoms with E-state index in [0.717, 1.165) is 44.1 Å². The molecule has 5 atom stereocenters. The van der Waals surface area contributed by atoms with E-state index in [9.17, 15) is 19.8 Å². The Morgan fingerprint density at radius 2 is 1.69 bits per heavy atom. The first kappa shape index (κ1) is 37.4. The predicted octanol–water partition coefficient (Wildman–Crippen LogP) is 5.01. The number of nitrogens with zero attached hydrogens (tertiary/aromatic N) is 1. The second kappa shape index (κ2) is 20.3. The highest BCUT2D eigenvalue weighted by Gasteiger charge is 2.36. The van der Waals surface area contributed by atoms with E-state index in [1.54, 1.807) is 7.11 Å². The number of unbranched alkanes of at least 4 members (excludes halogenated alkanes) is 1. The molecule has 1 saturated carbocycles. The molecule has 0 radical (unpaired) electrons. The zero-order chi connectivity index (χ0) is 32.6. The number of carbonyl (C=O) groups excluding carboxylic acids is 2. The summed E-state index contributed by atoms with van der Waals surface area (Å²) in [6.07, 6.45) is 6.97. The van der Waals surface area contributed by atoms with E-state index in [2.05, 4.69) is 12.2 Å². The molecule has 1 aromatic rings. The number of likely N-dealkylation sites (tertiary alicyclic amines) is 1. The van der Waals surface area contributed by atoms with Crippen LogP contribution in [0.2, 0.25) is 0 Å². The summed E-state index contributed by atoms with van der Waals surface area (Å²) in [5.74, 6) is 0.160. The molecule has 0 unspecified atom stereocenters. The van der Waals surface area contributed by atoms with Gasteiger partial charge in [-0.2, -0.15) is 0 Å². The molecule has 0 aromatic heterocycles. The molecule has 1 heterocycles. The molecule has 256 valence electrons. The standard InChI is InChI=1S/C36H60N2O7/c1-5-6-17-32(35(41)37-30(23-27-13-9-7-10-14-27)34(40)31(39)22-26(2)3)45-33(24-28-15-11-8-12-16-28)36(42)38-20-18-29(19-21-38)44-25-43-4/h8,11-12,15-16,26-27,29-34,39-40H,5-7,9-10,13-14,17-25H2,1-4H3,(H,37,41)/t30-,31-,32-,33-,34+/m0/s1. The number of rotatable bonds is 19. The number of methoxy groups -OCH3 is 1. The molecule has 2 fully saturated rings. The molecular weight excluding hydrogens is 572 g/mol. The number of hydrogen-bond donors (Lipinski definition) is 3. The predicted molar refractivity (Wildman–Crippen MR) is 175 cm³/mol. The summed E-state index contributed by atoms with van der Waals surface area (Å²) in [5, 5.41) is 25.3. The van der Waals surface area contributed by atoms with Gasteiger partial charge in [0.05, 0.1) is 18.2 Å². The van der Waals surface area contributed by atoms with Crippen LogP contribution >= 0.6 is 0 Å². The maximum absolute atomic E-state index is 14.0. The second-order valence-corrected chi connectivity index (χ2v) is 13.6. The smallest absolute Gasteiger partial charge is 0.252 e. The number of amides is 2. The van der Waals surface area contributed by atoms with Gasteiger partial charge in [0, 0.05) is 26.6 Å². The summed E-state index contributed by atoms with van der Waals surface area (Å²) in [6.45, 7) is 7.43. The third-order valence-corrected chi connectivity index (χ3v) is 9.31. The number of carbonyl (C=O) groups is 2. The van der Waals surface area contributed by atoms with Gasteiger partial charge >= 0.3 is 0 Å². The van der Waals surface area contributed by atoms with E-state index in [1.807, 2.05) is 49.1 Å². The van der Waals surface area contributed by atoms with Crippen LogP contribution in [0.5, 0.6) is 0 Å². The van der Waals surface area contributed by atoms with Crippen molar-refractivity contribution in [3.05, 3.63) is 35.9 Å². The third-order valence-electron chi connectivity index (χ3n) is 9.31. The minimum absolute atomic E-state index is 0.0455. The minimum atomic E-state index is -1.08. The van der Waals surface area contributed by atoms with Crippen LogP contribution in [0.4, 0.5) is 0 Å². The van der Waals surface area contributed by atoms with Crippen LogP contribution in [0.3, 0.4) is 0 Å². The fourth-order valence-corrected chi connectivity index (χ4v) is 6.71. The topological polar surface area (TPSA) is 118 Å². The van der Waals surface area contributed by atoms with Crippen LogP contribution in [-0.4, -0.2) is 90.5 Å². The van der Waals surface area contributed by atoms with Crippen LogP contribution in [-0.2, 0) is 30.2 Å². The normalized spacial score (nSPS) is 20.0. The highest BCUT2D eigenvalue weighted by molar-refractivity contribution is 5.84. The largest absolute Gasteiger partial charge is 0.390 e. The molecule has 2 aliphatic rings. The lowest BCUT2D eigenvalue weighted by molar-refractivity contribution is -0.157. The summed E-state index contributed by atoms with van der Waals surface area (Å²) in [7, 11) is 1.60. The van der Waals surface area contributed by atoms with Crippen LogP contribution in [0.15, 0.2) is 30.3 Å². The van der Waals surface area contributed by atoms with Gasteiger partial charge in [-0.1, -0.05) is 96.0 Å². The average Bonchev–Trinajstić information content (AvgIpc) is 3.05. The number of benzene rings is 1. The Morgan fingerprint density at radius 1 is 1.00 bits per heavy atom. The molecule has 1 aromatic carbocycles. The Kier molecular flexibility index (Phi) is 16.8. The monoisotopic (exact) mass is 632 g/mol. The van der Waals surface area contributed by atoms with E-state index >= 15 is 0 Å². The molecule has 1 saturated heterocycles. The molecule has 0 spiro atoms. The molecule has 9 heteroatoms. The fourth-order valence-electron chi connectivity index (χ4n) is 6.71. The Morgan fingerprint density at radius 3 is 2.31 bits per heavy atom. The van der Waals surface area contributed by atoms with Crippen molar-refractivity contribution in [3.8, 4) is 0 Å². The third kappa shape index (κ3) is 12.9. The van der Waals surface area contributed by atoms with Crippen molar-refractivity contribution in [1.82, 2.24) is 10.2 Å². The molecule has 45 heavy (non-hydrogen) atoms. The summed E-state index contributed by atoms with van der Waals surface area (Å²) >= 11 is 0. The number of hydrogen-bond acceptors (Lipinski definition) is 7. The number of ether oxygens (including phenoxy) is 3. The van der Waals surface area contributed by atoms with Gasteiger partial charge in [-0.15, -0.1) is 0 Å². The van der Waals surface area contributed by atoms with Crippen molar-refractivity contribution in [3.63, 3.8) is 0 Å². The molecule has 3 rings (SSSR count). The number of aliphatic hydroxyl groups is 2. The first-order chi connectivity index (χ1) is 21.7. The van der Waals surface area contributed by atoms with E-state index < -0.39 is 30.5 Å². The lowest BCUT2D eigenvalue weighted by Gasteiger charge is -2.36. The van der Waals surface area contributed by atoms with Crippen molar-refractivity contribution < 1.29 is 34.0 Å². The summed E-state index contributed by atoms with van der Waals surface area (Å²) < 4.78 is 17.3. The van der Waals surface area contributed by atoms with Gasteiger partial charge in [0.2, 0.25) is 5.91 Å². The van der Waals surface area contributed by atoms with E-state index in [0.29, 0.717) is 57.5 Å². The fraction of sp³-hybridized carbons (Fsp3) is 0.778. The Balaban J connectivity index is 1.78. The lowest BCUT2D eigenvalue weighted by Crippen LogP contribution is -2.54. The van der Waals surface area contributed by atoms with Gasteiger partial charge in [0.25, 0.3) is 5.91 Å². The van der Waals surface area contributed by atoms with Crippen molar-refractivity contribution in [2.75, 3.05) is 27.0 Å². The highest BCUT2D eigenvalue weighted by atomic mass is 16.7. The van der Waals surface area contributed by atoms with Crippen molar-refractivity contribution in [2.24, 2.45) is 11.8 Å². The zero-order valence-electron chi connectivity index (χ0n) is 28.2. The lowest BCUT2D eigenvalue weighted by atomic mass is 9.82. The summed E-state index contributed by atoms with van der Waals surface area (Å²) in [5.41, 5.74) is 0.964. The average molecular weight is 633 g/mol.